The van der Waals surface area contributed by atoms with Crippen molar-refractivity contribution in [1.82, 2.24) is 24.2 Å². The molecule has 1 aliphatic heterocycles. The molecule has 1 amide bonds. The maximum atomic E-state index is 13.0. The summed E-state index contributed by atoms with van der Waals surface area (Å²) in [6.45, 7) is 1.49. The van der Waals surface area contributed by atoms with E-state index in [4.69, 9.17) is 0 Å². The van der Waals surface area contributed by atoms with Gasteiger partial charge in [0.1, 0.15) is 12.2 Å². The number of carbonyl (C=O) groups is 1. The molecule has 1 unspecified atom stereocenters. The van der Waals surface area contributed by atoms with E-state index in [1.54, 1.807) is 6.33 Å². The van der Waals surface area contributed by atoms with Crippen molar-refractivity contribution in [3.05, 3.63) is 66.5 Å². The molecule has 0 aliphatic carbocycles. The van der Waals surface area contributed by atoms with Crippen molar-refractivity contribution >= 4 is 5.91 Å². The van der Waals surface area contributed by atoms with Crippen molar-refractivity contribution in [3.63, 3.8) is 0 Å². The summed E-state index contributed by atoms with van der Waals surface area (Å²) in [7, 11) is 1.96. The number of amides is 1. The standard InChI is InChI=1S/C19H21N5O/c1-22-14-20-21-18(22)16-7-5-11-24(13-16)19(25)15-6-4-8-17(12-15)23-9-2-3-10-23/h2-4,6,8-10,12,14,16H,5,7,11,13H2,1H3. The molecule has 1 aliphatic rings. The molecule has 3 heterocycles. The Morgan fingerprint density at radius 2 is 2.04 bits per heavy atom. The van der Waals surface area contributed by atoms with Crippen LogP contribution in [0.15, 0.2) is 55.1 Å². The highest BCUT2D eigenvalue weighted by atomic mass is 16.2. The lowest BCUT2D eigenvalue weighted by molar-refractivity contribution is 0.0703. The quantitative estimate of drug-likeness (QED) is 0.739. The molecular weight excluding hydrogens is 314 g/mol. The van der Waals surface area contributed by atoms with E-state index in [0.29, 0.717) is 6.54 Å². The molecule has 1 atom stereocenters. The predicted octanol–water partition coefficient (Wildman–Crippen LogP) is 2.63. The van der Waals surface area contributed by atoms with Gasteiger partial charge in [-0.2, -0.15) is 0 Å². The maximum Gasteiger partial charge on any atom is 0.253 e. The Kier molecular flexibility index (Phi) is 4.09. The molecule has 25 heavy (non-hydrogen) atoms. The smallest absolute Gasteiger partial charge is 0.253 e. The van der Waals surface area contributed by atoms with Gasteiger partial charge in [0, 0.05) is 49.7 Å². The lowest BCUT2D eigenvalue weighted by Gasteiger charge is -2.32. The first kappa shape index (κ1) is 15.6. The number of aromatic nitrogens is 4. The first-order valence-corrected chi connectivity index (χ1v) is 8.59. The molecule has 0 spiro atoms. The Hall–Kier alpha value is -2.89. The Morgan fingerprint density at radius 1 is 1.20 bits per heavy atom. The Balaban J connectivity index is 1.54. The summed E-state index contributed by atoms with van der Waals surface area (Å²) in [5.41, 5.74) is 1.72. The summed E-state index contributed by atoms with van der Waals surface area (Å²) < 4.78 is 3.96. The number of hydrogen-bond donors (Lipinski definition) is 0. The van der Waals surface area contributed by atoms with Crippen LogP contribution in [-0.4, -0.2) is 43.2 Å². The number of aryl methyl sites for hydroxylation is 1. The molecule has 1 aromatic carbocycles. The van der Waals surface area contributed by atoms with Crippen LogP contribution in [0.5, 0.6) is 0 Å². The van der Waals surface area contributed by atoms with Crippen molar-refractivity contribution < 1.29 is 4.79 Å². The lowest BCUT2D eigenvalue weighted by atomic mass is 9.96. The Labute approximate surface area is 146 Å². The van der Waals surface area contributed by atoms with E-state index >= 15 is 0 Å². The minimum absolute atomic E-state index is 0.0841. The number of carbonyl (C=O) groups excluding carboxylic acids is 1. The lowest BCUT2D eigenvalue weighted by Crippen LogP contribution is -2.39. The molecule has 6 nitrogen and oxygen atoms in total. The fraction of sp³-hybridized carbons (Fsp3) is 0.316. The van der Waals surface area contributed by atoms with Crippen LogP contribution in [0.4, 0.5) is 0 Å². The van der Waals surface area contributed by atoms with Crippen LogP contribution in [0, 0.1) is 0 Å². The SMILES string of the molecule is Cn1cnnc1C1CCCN(C(=O)c2cccc(-n3cccc3)c2)C1. The van der Waals surface area contributed by atoms with Gasteiger partial charge >= 0.3 is 0 Å². The average Bonchev–Trinajstić information content (AvgIpc) is 3.33. The molecule has 0 radical (unpaired) electrons. The van der Waals surface area contributed by atoms with Gasteiger partial charge in [-0.05, 0) is 43.2 Å². The minimum Gasteiger partial charge on any atom is -0.338 e. The summed E-state index contributed by atoms with van der Waals surface area (Å²) >= 11 is 0. The van der Waals surface area contributed by atoms with E-state index < -0.39 is 0 Å². The van der Waals surface area contributed by atoms with Gasteiger partial charge in [0.25, 0.3) is 5.91 Å². The number of hydrogen-bond acceptors (Lipinski definition) is 3. The van der Waals surface area contributed by atoms with Gasteiger partial charge in [-0.3, -0.25) is 4.79 Å². The van der Waals surface area contributed by atoms with E-state index in [0.717, 1.165) is 36.5 Å². The van der Waals surface area contributed by atoms with Crippen LogP contribution in [-0.2, 0) is 7.05 Å². The fourth-order valence-corrected chi connectivity index (χ4v) is 3.52. The first-order chi connectivity index (χ1) is 12.2. The number of likely N-dealkylation sites (tertiary alicyclic amines) is 1. The van der Waals surface area contributed by atoms with E-state index in [2.05, 4.69) is 10.2 Å². The molecular formula is C19H21N5O. The molecule has 3 aromatic rings. The van der Waals surface area contributed by atoms with E-state index in [9.17, 15) is 4.79 Å². The number of benzene rings is 1. The molecule has 0 N–H and O–H groups in total. The first-order valence-electron chi connectivity index (χ1n) is 8.59. The van der Waals surface area contributed by atoms with Gasteiger partial charge in [0.05, 0.1) is 0 Å². The van der Waals surface area contributed by atoms with Crippen LogP contribution >= 0.6 is 0 Å². The molecule has 4 rings (SSSR count). The molecule has 128 valence electrons. The van der Waals surface area contributed by atoms with Gasteiger partial charge in [0.2, 0.25) is 0 Å². The Morgan fingerprint density at radius 3 is 2.80 bits per heavy atom. The number of rotatable bonds is 3. The summed E-state index contributed by atoms with van der Waals surface area (Å²) in [6.07, 6.45) is 7.71. The van der Waals surface area contributed by atoms with E-state index in [-0.39, 0.29) is 11.8 Å². The van der Waals surface area contributed by atoms with Crippen molar-refractivity contribution in [2.45, 2.75) is 18.8 Å². The second-order valence-electron chi connectivity index (χ2n) is 6.53. The molecule has 2 aromatic heterocycles. The van der Waals surface area contributed by atoms with Crippen LogP contribution < -0.4 is 0 Å². The fourth-order valence-electron chi connectivity index (χ4n) is 3.52. The number of piperidine rings is 1. The summed E-state index contributed by atoms with van der Waals surface area (Å²) in [5, 5.41) is 8.20. The van der Waals surface area contributed by atoms with Crippen molar-refractivity contribution in [2.24, 2.45) is 7.05 Å². The summed E-state index contributed by atoms with van der Waals surface area (Å²) in [5.74, 6) is 1.29. The number of nitrogens with zero attached hydrogens (tertiary/aromatic N) is 5. The van der Waals surface area contributed by atoms with E-state index in [1.807, 2.05) is 69.9 Å². The molecule has 0 bridgehead atoms. The summed E-state index contributed by atoms with van der Waals surface area (Å²) in [6, 6.07) is 11.7. The van der Waals surface area contributed by atoms with Crippen LogP contribution in [0.25, 0.3) is 5.69 Å². The van der Waals surface area contributed by atoms with Gasteiger partial charge < -0.3 is 14.0 Å². The molecule has 6 heteroatoms. The van der Waals surface area contributed by atoms with Crippen molar-refractivity contribution in [2.75, 3.05) is 13.1 Å². The largest absolute Gasteiger partial charge is 0.338 e. The van der Waals surface area contributed by atoms with Crippen LogP contribution in [0.3, 0.4) is 0 Å². The zero-order valence-electron chi connectivity index (χ0n) is 14.2. The zero-order chi connectivity index (χ0) is 17.2. The second-order valence-corrected chi connectivity index (χ2v) is 6.53. The van der Waals surface area contributed by atoms with Crippen LogP contribution in [0.2, 0.25) is 0 Å². The van der Waals surface area contributed by atoms with Gasteiger partial charge in [-0.15, -0.1) is 10.2 Å². The second kappa shape index (κ2) is 6.55. The van der Waals surface area contributed by atoms with Crippen LogP contribution in [0.1, 0.15) is 34.9 Å². The van der Waals surface area contributed by atoms with E-state index in [1.165, 1.54) is 0 Å². The van der Waals surface area contributed by atoms with Gasteiger partial charge in [-0.1, -0.05) is 6.07 Å². The summed E-state index contributed by atoms with van der Waals surface area (Å²) in [4.78, 5) is 14.9. The minimum atomic E-state index is 0.0841. The third kappa shape index (κ3) is 3.07. The van der Waals surface area contributed by atoms with Crippen molar-refractivity contribution in [1.29, 1.82) is 0 Å². The third-order valence-electron chi connectivity index (χ3n) is 4.82. The third-order valence-corrected chi connectivity index (χ3v) is 4.82. The highest BCUT2D eigenvalue weighted by Gasteiger charge is 2.28. The molecule has 0 saturated carbocycles. The predicted molar refractivity (Wildman–Crippen MR) is 94.7 cm³/mol. The topological polar surface area (TPSA) is 56.0 Å². The highest BCUT2D eigenvalue weighted by Crippen LogP contribution is 2.26. The Bertz CT molecular complexity index is 868. The van der Waals surface area contributed by atoms with Gasteiger partial charge in [-0.25, -0.2) is 0 Å². The molecule has 1 saturated heterocycles. The van der Waals surface area contributed by atoms with Gasteiger partial charge in [0.15, 0.2) is 0 Å². The maximum absolute atomic E-state index is 13.0. The highest BCUT2D eigenvalue weighted by molar-refractivity contribution is 5.94. The normalized spacial score (nSPS) is 17.6. The molecule has 1 fully saturated rings. The average molecular weight is 335 g/mol. The zero-order valence-corrected chi connectivity index (χ0v) is 14.2. The van der Waals surface area contributed by atoms with Crippen molar-refractivity contribution in [3.8, 4) is 5.69 Å². The monoisotopic (exact) mass is 335 g/mol.